The quantitative estimate of drug-likeness (QED) is 0.249. The molecule has 2 aromatic carbocycles. The zero-order valence-electron chi connectivity index (χ0n) is 18.1. The van der Waals surface area contributed by atoms with Crippen LogP contribution in [-0.4, -0.2) is 39.2 Å². The molecule has 1 aliphatic carbocycles. The Bertz CT molecular complexity index is 1260. The highest BCUT2D eigenvalue weighted by atomic mass is 16.1. The van der Waals surface area contributed by atoms with Gasteiger partial charge in [0, 0.05) is 40.9 Å². The largest absolute Gasteiger partial charge is 0.352 e. The van der Waals surface area contributed by atoms with Gasteiger partial charge in [-0.2, -0.15) is 10.1 Å². The van der Waals surface area contributed by atoms with Gasteiger partial charge in [0.2, 0.25) is 5.95 Å². The van der Waals surface area contributed by atoms with Crippen LogP contribution in [0.5, 0.6) is 0 Å². The number of carbonyl (C=O) groups is 1. The molecule has 0 bridgehead atoms. The van der Waals surface area contributed by atoms with Crippen molar-refractivity contribution in [1.82, 2.24) is 25.5 Å². The summed E-state index contributed by atoms with van der Waals surface area (Å²) in [4.78, 5) is 21.5. The fourth-order valence-electron chi connectivity index (χ4n) is 3.59. The van der Waals surface area contributed by atoms with E-state index in [1.807, 2.05) is 42.5 Å². The Morgan fingerprint density at radius 2 is 1.88 bits per heavy atom. The van der Waals surface area contributed by atoms with E-state index in [4.69, 9.17) is 10.7 Å². The van der Waals surface area contributed by atoms with Gasteiger partial charge in [0.1, 0.15) is 5.82 Å². The zero-order valence-corrected chi connectivity index (χ0v) is 18.1. The topological polar surface area (TPSA) is 134 Å². The summed E-state index contributed by atoms with van der Waals surface area (Å²) >= 11 is 0. The molecule has 33 heavy (non-hydrogen) atoms. The van der Waals surface area contributed by atoms with E-state index in [9.17, 15) is 4.79 Å². The third-order valence-electron chi connectivity index (χ3n) is 5.53. The van der Waals surface area contributed by atoms with Crippen LogP contribution in [0.15, 0.2) is 54.6 Å². The average Bonchev–Trinajstić information content (AvgIpc) is 3.58. The molecule has 0 radical (unpaired) electrons. The van der Waals surface area contributed by atoms with Gasteiger partial charge in [-0.25, -0.2) is 4.98 Å². The molecule has 2 heterocycles. The first-order valence-electron chi connectivity index (χ1n) is 11.1. The number of rotatable bonds is 9. The van der Waals surface area contributed by atoms with E-state index < -0.39 is 0 Å². The van der Waals surface area contributed by atoms with Crippen molar-refractivity contribution in [2.45, 2.75) is 25.2 Å². The van der Waals surface area contributed by atoms with Crippen LogP contribution in [0.2, 0.25) is 0 Å². The Balaban J connectivity index is 1.35. The summed E-state index contributed by atoms with van der Waals surface area (Å²) in [6, 6.07) is 17.1. The van der Waals surface area contributed by atoms with E-state index in [0.717, 1.165) is 34.5 Å². The highest BCUT2D eigenvalue weighted by Crippen LogP contribution is 2.39. The molecule has 9 nitrogen and oxygen atoms in total. The number of aromatic nitrogens is 4. The molecule has 5 rings (SSSR count). The maximum Gasteiger partial charge on any atom is 0.251 e. The molecule has 1 saturated carbocycles. The Labute approximate surface area is 191 Å². The number of fused-ring (bicyclic) bond motifs is 1. The van der Waals surface area contributed by atoms with Gasteiger partial charge in [-0.15, -0.1) is 0 Å². The number of nitrogens with two attached hydrogens (primary N) is 1. The molecule has 4 aromatic rings. The summed E-state index contributed by atoms with van der Waals surface area (Å²) in [6.45, 7) is 1.11. The van der Waals surface area contributed by atoms with Gasteiger partial charge in [0.05, 0.1) is 5.52 Å². The highest BCUT2D eigenvalue weighted by molar-refractivity contribution is 5.94. The van der Waals surface area contributed by atoms with Gasteiger partial charge in [-0.05, 0) is 62.2 Å². The van der Waals surface area contributed by atoms with Crippen molar-refractivity contribution in [3.63, 3.8) is 0 Å². The predicted molar refractivity (Wildman–Crippen MR) is 129 cm³/mol. The van der Waals surface area contributed by atoms with E-state index in [0.29, 0.717) is 36.3 Å². The first kappa shape index (κ1) is 20.9. The summed E-state index contributed by atoms with van der Waals surface area (Å²) in [5.74, 6) is 2.34. The van der Waals surface area contributed by atoms with Crippen LogP contribution in [0.4, 0.5) is 23.3 Å². The Hall–Kier alpha value is -3.98. The lowest BCUT2D eigenvalue weighted by Crippen LogP contribution is -2.25. The summed E-state index contributed by atoms with van der Waals surface area (Å²) in [7, 11) is 0. The summed E-state index contributed by atoms with van der Waals surface area (Å²) < 4.78 is 0. The zero-order chi connectivity index (χ0) is 22.6. The lowest BCUT2D eigenvalue weighted by molar-refractivity contribution is 0.0953. The summed E-state index contributed by atoms with van der Waals surface area (Å²) in [6.07, 6.45) is 3.17. The molecule has 0 unspecified atom stereocenters. The number of carbonyl (C=O) groups excluding carboxylic acids is 1. The first-order valence-corrected chi connectivity index (χ1v) is 11.1. The van der Waals surface area contributed by atoms with Crippen LogP contribution in [0.1, 0.15) is 41.2 Å². The van der Waals surface area contributed by atoms with E-state index in [-0.39, 0.29) is 5.91 Å². The average molecular weight is 443 g/mol. The number of nitrogens with zero attached hydrogens (tertiary/aromatic N) is 3. The Kier molecular flexibility index (Phi) is 5.86. The van der Waals surface area contributed by atoms with Crippen LogP contribution >= 0.6 is 0 Å². The molecule has 9 heteroatoms. The minimum atomic E-state index is -0.118. The van der Waals surface area contributed by atoms with Gasteiger partial charge in [-0.1, -0.05) is 12.1 Å². The number of nitrogens with one attached hydrogen (secondary N) is 4. The fourth-order valence-corrected chi connectivity index (χ4v) is 3.59. The molecule has 6 N–H and O–H groups in total. The summed E-state index contributed by atoms with van der Waals surface area (Å²) in [5.41, 5.74) is 8.81. The first-order chi connectivity index (χ1) is 16.2. The number of H-pyrrole nitrogens is 1. The van der Waals surface area contributed by atoms with E-state index in [2.05, 4.69) is 31.1 Å². The molecule has 1 aliphatic rings. The molecule has 0 atom stereocenters. The number of hydrogen-bond acceptors (Lipinski definition) is 7. The van der Waals surface area contributed by atoms with E-state index >= 15 is 0 Å². The fraction of sp³-hybridized carbons (Fsp3) is 0.250. The molecular weight excluding hydrogens is 416 g/mol. The van der Waals surface area contributed by atoms with Crippen LogP contribution in [-0.2, 0) is 0 Å². The van der Waals surface area contributed by atoms with Crippen LogP contribution < -0.4 is 21.7 Å². The monoisotopic (exact) mass is 442 g/mol. The Morgan fingerprint density at radius 3 is 2.67 bits per heavy atom. The lowest BCUT2D eigenvalue weighted by Gasteiger charge is -2.11. The van der Waals surface area contributed by atoms with Crippen molar-refractivity contribution in [1.29, 1.82) is 0 Å². The van der Waals surface area contributed by atoms with Crippen molar-refractivity contribution >= 4 is 40.1 Å². The standard InChI is InChI=1S/C24H26N8O/c25-12-3-13-26-23(33)16-8-10-17(11-9-16)27-24-28-19-5-2-1-4-18(19)22(30-24)29-21-14-20(31-32-21)15-6-7-15/h1-2,4-5,8-11,14-15H,3,6-7,12-13,25H2,(H,26,33)(H3,27,28,29,30,31,32). The van der Waals surface area contributed by atoms with Crippen molar-refractivity contribution in [2.75, 3.05) is 23.7 Å². The van der Waals surface area contributed by atoms with Gasteiger partial charge < -0.3 is 21.7 Å². The smallest absolute Gasteiger partial charge is 0.251 e. The molecule has 0 aliphatic heterocycles. The molecule has 0 spiro atoms. The lowest BCUT2D eigenvalue weighted by atomic mass is 10.2. The second-order valence-corrected chi connectivity index (χ2v) is 8.12. The molecule has 1 fully saturated rings. The van der Waals surface area contributed by atoms with Gasteiger partial charge in [-0.3, -0.25) is 9.89 Å². The number of hydrogen-bond donors (Lipinski definition) is 5. The third-order valence-corrected chi connectivity index (χ3v) is 5.53. The maximum absolute atomic E-state index is 12.2. The maximum atomic E-state index is 12.2. The van der Waals surface area contributed by atoms with Crippen LogP contribution in [0.25, 0.3) is 10.9 Å². The molecule has 2 aromatic heterocycles. The second-order valence-electron chi connectivity index (χ2n) is 8.12. The number of benzene rings is 2. The van der Waals surface area contributed by atoms with Crippen molar-refractivity contribution in [3.05, 3.63) is 65.9 Å². The van der Waals surface area contributed by atoms with Crippen molar-refractivity contribution in [2.24, 2.45) is 5.73 Å². The normalized spacial score (nSPS) is 13.1. The molecule has 0 saturated heterocycles. The highest BCUT2D eigenvalue weighted by Gasteiger charge is 2.25. The molecule has 168 valence electrons. The van der Waals surface area contributed by atoms with Crippen LogP contribution in [0.3, 0.4) is 0 Å². The third kappa shape index (κ3) is 4.93. The summed E-state index contributed by atoms with van der Waals surface area (Å²) in [5, 5.41) is 17.8. The second kappa shape index (κ2) is 9.25. The SMILES string of the molecule is NCCCNC(=O)c1ccc(Nc2nc(Nc3cc(C4CC4)[nH]n3)c3ccccc3n2)cc1. The van der Waals surface area contributed by atoms with Gasteiger partial charge in [0.25, 0.3) is 5.91 Å². The van der Waals surface area contributed by atoms with E-state index in [1.165, 1.54) is 12.8 Å². The molecular formula is C24H26N8O. The van der Waals surface area contributed by atoms with Gasteiger partial charge >= 0.3 is 0 Å². The Morgan fingerprint density at radius 1 is 1.06 bits per heavy atom. The number of para-hydroxylation sites is 1. The van der Waals surface area contributed by atoms with Gasteiger partial charge in [0.15, 0.2) is 5.82 Å². The number of anilines is 4. The minimum Gasteiger partial charge on any atom is -0.352 e. The van der Waals surface area contributed by atoms with E-state index in [1.54, 1.807) is 12.1 Å². The minimum absolute atomic E-state index is 0.118. The molecule has 1 amide bonds. The van der Waals surface area contributed by atoms with Crippen molar-refractivity contribution < 1.29 is 4.79 Å². The number of amides is 1. The van der Waals surface area contributed by atoms with Crippen molar-refractivity contribution in [3.8, 4) is 0 Å². The number of aromatic amines is 1. The predicted octanol–water partition coefficient (Wildman–Crippen LogP) is 3.80. The van der Waals surface area contributed by atoms with Crippen LogP contribution in [0, 0.1) is 0 Å².